The van der Waals surface area contributed by atoms with Gasteiger partial charge in [-0.05, 0) is 41.5 Å². The molecule has 0 saturated carbocycles. The molecule has 122 valence electrons. The molecule has 21 heavy (non-hydrogen) atoms. The summed E-state index contributed by atoms with van der Waals surface area (Å²) in [5.41, 5.74) is 0. The van der Waals surface area contributed by atoms with Gasteiger partial charge in [0.05, 0.1) is 25.2 Å². The minimum absolute atomic E-state index is 0.101. The Bertz CT molecular complexity index is 353. The van der Waals surface area contributed by atoms with Gasteiger partial charge in [-0.3, -0.25) is 0 Å². The Hall–Kier alpha value is 0.500. The molecule has 0 aromatic rings. The Morgan fingerprint density at radius 3 is 2.38 bits per heavy atom. The number of nitrogens with zero attached hydrogens (tertiary/aromatic N) is 2. The van der Waals surface area contributed by atoms with Gasteiger partial charge in [0.25, 0.3) is 8.53 Å². The Morgan fingerprint density at radius 1 is 1.33 bits per heavy atom. The highest BCUT2D eigenvalue weighted by Crippen LogP contribution is 2.55. The van der Waals surface area contributed by atoms with Crippen molar-refractivity contribution in [2.75, 3.05) is 12.4 Å². The lowest BCUT2D eigenvalue weighted by molar-refractivity contribution is 0.129. The average Bonchev–Trinajstić information content (AvgIpc) is 2.68. The van der Waals surface area contributed by atoms with Crippen LogP contribution in [0.25, 0.3) is 0 Å². The zero-order valence-electron chi connectivity index (χ0n) is 13.8. The third-order valence-corrected chi connectivity index (χ3v) is 8.59. The van der Waals surface area contributed by atoms with Gasteiger partial charge in [-0.15, -0.1) is 0 Å². The second-order valence-corrected chi connectivity index (χ2v) is 10.5. The van der Waals surface area contributed by atoms with Crippen molar-refractivity contribution in [3.63, 3.8) is 0 Å². The highest BCUT2D eigenvalue weighted by Gasteiger charge is 2.41. The van der Waals surface area contributed by atoms with Crippen LogP contribution in [0.3, 0.4) is 0 Å². The largest absolute Gasteiger partial charge is 0.321 e. The molecule has 2 atom stereocenters. The molecule has 0 aliphatic carbocycles. The van der Waals surface area contributed by atoms with Gasteiger partial charge in [-0.1, -0.05) is 21.6 Å². The molecule has 1 fully saturated rings. The number of hydrogen-bond donors (Lipinski definition) is 0. The Kier molecular flexibility index (Phi) is 8.34. The predicted molar refractivity (Wildman–Crippen MR) is 94.2 cm³/mol. The SMILES string of the molecule is CC(C)N(C(C)C)P(OCCC#N)OC1CSSC1(C)C. The summed E-state index contributed by atoms with van der Waals surface area (Å²) in [5.74, 6) is 0.988. The molecular weight excluding hydrogens is 323 g/mol. The van der Waals surface area contributed by atoms with Crippen molar-refractivity contribution in [1.82, 2.24) is 4.67 Å². The van der Waals surface area contributed by atoms with Crippen molar-refractivity contribution in [3.8, 4) is 6.07 Å². The van der Waals surface area contributed by atoms with E-state index in [2.05, 4.69) is 52.3 Å². The summed E-state index contributed by atoms with van der Waals surface area (Å²) in [6.45, 7) is 13.5. The van der Waals surface area contributed by atoms with Crippen molar-refractivity contribution < 1.29 is 9.05 Å². The molecule has 0 amide bonds. The molecule has 7 heteroatoms. The summed E-state index contributed by atoms with van der Waals surface area (Å²) in [4.78, 5) is 0. The molecule has 0 spiro atoms. The highest BCUT2D eigenvalue weighted by atomic mass is 33.1. The van der Waals surface area contributed by atoms with Crippen molar-refractivity contribution in [2.45, 2.75) is 70.9 Å². The maximum atomic E-state index is 8.72. The van der Waals surface area contributed by atoms with E-state index in [-0.39, 0.29) is 10.9 Å². The lowest BCUT2D eigenvalue weighted by Gasteiger charge is -2.38. The smallest absolute Gasteiger partial charge is 0.259 e. The fraction of sp³-hybridized carbons (Fsp3) is 0.929. The fourth-order valence-corrected chi connectivity index (χ4v) is 7.23. The zero-order chi connectivity index (χ0) is 16.0. The van der Waals surface area contributed by atoms with Gasteiger partial charge in [0.2, 0.25) is 0 Å². The van der Waals surface area contributed by atoms with Crippen molar-refractivity contribution in [2.24, 2.45) is 0 Å². The van der Waals surface area contributed by atoms with Gasteiger partial charge in [-0.25, -0.2) is 4.67 Å². The summed E-state index contributed by atoms with van der Waals surface area (Å²) in [5, 5.41) is 8.72. The third kappa shape index (κ3) is 5.89. The van der Waals surface area contributed by atoms with Crippen LogP contribution in [0.1, 0.15) is 48.0 Å². The van der Waals surface area contributed by atoms with Crippen LogP contribution in [-0.2, 0) is 9.05 Å². The molecule has 1 aliphatic rings. The van der Waals surface area contributed by atoms with E-state index in [0.717, 1.165) is 5.75 Å². The van der Waals surface area contributed by atoms with Crippen LogP contribution in [0, 0.1) is 11.3 Å². The summed E-state index contributed by atoms with van der Waals surface area (Å²) in [6, 6.07) is 2.83. The van der Waals surface area contributed by atoms with Crippen LogP contribution in [0.2, 0.25) is 0 Å². The third-order valence-electron chi connectivity index (χ3n) is 3.15. The molecule has 1 aliphatic heterocycles. The summed E-state index contributed by atoms with van der Waals surface area (Å²) in [7, 11) is 2.62. The first-order chi connectivity index (χ1) is 9.79. The molecule has 2 unspecified atom stereocenters. The average molecular weight is 350 g/mol. The van der Waals surface area contributed by atoms with Crippen molar-refractivity contribution >= 4 is 30.1 Å². The quantitative estimate of drug-likeness (QED) is 0.355. The first-order valence-electron chi connectivity index (χ1n) is 7.35. The standard InChI is InChI=1S/C14H27N2O2PS2/c1-11(2)16(12(3)4)19(17-9-7-8-15)18-13-10-20-21-14(13,5)6/h11-13H,7,9-10H2,1-6H3. The van der Waals surface area contributed by atoms with E-state index in [1.54, 1.807) is 0 Å². The van der Waals surface area contributed by atoms with Crippen LogP contribution in [0.15, 0.2) is 0 Å². The van der Waals surface area contributed by atoms with E-state index in [0.29, 0.717) is 25.1 Å². The monoisotopic (exact) mass is 350 g/mol. The molecule has 0 bridgehead atoms. The van der Waals surface area contributed by atoms with Crippen LogP contribution in [-0.4, -0.2) is 40.0 Å². The zero-order valence-corrected chi connectivity index (χ0v) is 16.4. The van der Waals surface area contributed by atoms with E-state index >= 15 is 0 Å². The molecule has 1 saturated heterocycles. The highest BCUT2D eigenvalue weighted by molar-refractivity contribution is 8.77. The number of hydrogen-bond acceptors (Lipinski definition) is 6. The van der Waals surface area contributed by atoms with E-state index in [1.165, 1.54) is 0 Å². The molecular formula is C14H27N2O2PS2. The number of rotatable bonds is 8. The first-order valence-corrected chi connectivity index (χ1v) is 10.8. The summed E-state index contributed by atoms with van der Waals surface area (Å²) in [6.07, 6.45) is 0.588. The Labute approximate surface area is 138 Å². The van der Waals surface area contributed by atoms with Gasteiger partial charge in [0.1, 0.15) is 0 Å². The number of nitriles is 1. The lowest BCUT2D eigenvalue weighted by atomic mass is 10.1. The molecule has 1 heterocycles. The van der Waals surface area contributed by atoms with Crippen LogP contribution < -0.4 is 0 Å². The van der Waals surface area contributed by atoms with Crippen molar-refractivity contribution in [3.05, 3.63) is 0 Å². The fourth-order valence-electron chi connectivity index (χ4n) is 2.06. The molecule has 0 aromatic heterocycles. The van der Waals surface area contributed by atoms with Crippen LogP contribution in [0.5, 0.6) is 0 Å². The minimum atomic E-state index is -1.13. The minimum Gasteiger partial charge on any atom is -0.321 e. The molecule has 0 N–H and O–H groups in total. The van der Waals surface area contributed by atoms with E-state index < -0.39 is 8.53 Å². The van der Waals surface area contributed by atoms with Gasteiger partial charge < -0.3 is 9.05 Å². The molecule has 1 rings (SSSR count). The van der Waals surface area contributed by atoms with E-state index in [4.69, 9.17) is 14.3 Å². The second-order valence-electron chi connectivity index (χ2n) is 6.11. The summed E-state index contributed by atoms with van der Waals surface area (Å²) >= 11 is 0. The van der Waals surface area contributed by atoms with Gasteiger partial charge in [0, 0.05) is 22.6 Å². The maximum absolute atomic E-state index is 8.72. The lowest BCUT2D eigenvalue weighted by Crippen LogP contribution is -2.38. The second kappa shape index (κ2) is 8.96. The van der Waals surface area contributed by atoms with Gasteiger partial charge in [0.15, 0.2) is 0 Å². The van der Waals surface area contributed by atoms with Gasteiger partial charge in [-0.2, -0.15) is 5.26 Å². The normalized spacial score (nSPS) is 23.0. The molecule has 0 aromatic carbocycles. The Balaban J connectivity index is 2.78. The summed E-state index contributed by atoms with van der Waals surface area (Å²) < 4.78 is 14.7. The topological polar surface area (TPSA) is 45.5 Å². The molecule has 0 radical (unpaired) electrons. The van der Waals surface area contributed by atoms with E-state index in [9.17, 15) is 0 Å². The van der Waals surface area contributed by atoms with Crippen molar-refractivity contribution in [1.29, 1.82) is 5.26 Å². The Morgan fingerprint density at radius 2 is 1.95 bits per heavy atom. The maximum Gasteiger partial charge on any atom is 0.259 e. The molecule has 4 nitrogen and oxygen atoms in total. The predicted octanol–water partition coefficient (Wildman–Crippen LogP) is 4.82. The van der Waals surface area contributed by atoms with E-state index in [1.807, 2.05) is 21.6 Å². The first kappa shape index (κ1) is 19.5. The van der Waals surface area contributed by atoms with Crippen LogP contribution in [0.4, 0.5) is 0 Å². The van der Waals surface area contributed by atoms with Crippen LogP contribution >= 0.6 is 30.1 Å². The van der Waals surface area contributed by atoms with Gasteiger partial charge >= 0.3 is 0 Å².